The van der Waals surface area contributed by atoms with Crippen molar-refractivity contribution in [3.05, 3.63) is 69.2 Å². The number of rotatable bonds is 5. The third-order valence-corrected chi connectivity index (χ3v) is 3.87. The minimum Gasteiger partial charge on any atom is -0.271 e. The lowest BCUT2D eigenvalue weighted by Crippen LogP contribution is -2.38. The molecule has 1 atom stereocenters. The van der Waals surface area contributed by atoms with Gasteiger partial charge in [-0.3, -0.25) is 11.3 Å². The minimum absolute atomic E-state index is 0.0621. The van der Waals surface area contributed by atoms with Crippen molar-refractivity contribution in [2.45, 2.75) is 18.9 Å². The molecule has 0 amide bonds. The van der Waals surface area contributed by atoms with Crippen LogP contribution in [0, 0.1) is 11.6 Å². The van der Waals surface area contributed by atoms with Gasteiger partial charge in [0.2, 0.25) is 0 Å². The van der Waals surface area contributed by atoms with Gasteiger partial charge in [0.15, 0.2) is 0 Å². The zero-order valence-corrected chi connectivity index (χ0v) is 12.6. The number of hydrogen-bond donors (Lipinski definition) is 2. The molecule has 0 saturated heterocycles. The van der Waals surface area contributed by atoms with E-state index in [9.17, 15) is 8.78 Å². The van der Waals surface area contributed by atoms with Gasteiger partial charge in [0.05, 0.1) is 5.02 Å². The molecule has 3 N–H and O–H groups in total. The maximum atomic E-state index is 13.9. The second-order valence-electron chi connectivity index (χ2n) is 4.72. The Labute approximate surface area is 131 Å². The van der Waals surface area contributed by atoms with E-state index in [1.54, 1.807) is 12.1 Å². The number of benzene rings is 2. The fourth-order valence-electron chi connectivity index (χ4n) is 2.13. The molecular weight excluding hydrogens is 317 g/mol. The molecule has 0 bridgehead atoms. The molecule has 2 aromatic carbocycles. The first-order chi connectivity index (χ1) is 10.0. The van der Waals surface area contributed by atoms with Gasteiger partial charge < -0.3 is 0 Å². The normalized spacial score (nSPS) is 12.4. The lowest BCUT2D eigenvalue weighted by molar-refractivity contribution is 0.505. The smallest absolute Gasteiger partial charge is 0.145 e. The Kier molecular flexibility index (Phi) is 5.53. The summed E-state index contributed by atoms with van der Waals surface area (Å²) in [6, 6.07) is 8.61. The van der Waals surface area contributed by atoms with Crippen LogP contribution in [-0.2, 0) is 12.8 Å². The fourth-order valence-corrected chi connectivity index (χ4v) is 2.52. The van der Waals surface area contributed by atoms with Gasteiger partial charge in [0, 0.05) is 11.1 Å². The van der Waals surface area contributed by atoms with E-state index in [0.717, 1.165) is 0 Å². The van der Waals surface area contributed by atoms with Gasteiger partial charge in [0.1, 0.15) is 11.6 Å². The average Bonchev–Trinajstić information content (AvgIpc) is 2.46. The quantitative estimate of drug-likeness (QED) is 0.644. The van der Waals surface area contributed by atoms with Crippen molar-refractivity contribution < 1.29 is 8.78 Å². The Morgan fingerprint density at radius 1 is 1.00 bits per heavy atom. The maximum Gasteiger partial charge on any atom is 0.145 e. The number of nitrogens with one attached hydrogen (secondary N) is 1. The minimum atomic E-state index is -0.468. The number of hydrogen-bond acceptors (Lipinski definition) is 2. The van der Waals surface area contributed by atoms with E-state index in [2.05, 4.69) is 5.43 Å². The molecule has 112 valence electrons. The molecule has 0 saturated carbocycles. The van der Waals surface area contributed by atoms with Crippen molar-refractivity contribution in [1.82, 2.24) is 5.43 Å². The molecule has 0 heterocycles. The van der Waals surface area contributed by atoms with E-state index < -0.39 is 5.82 Å². The molecule has 0 fully saturated rings. The van der Waals surface area contributed by atoms with Gasteiger partial charge in [-0.25, -0.2) is 8.78 Å². The fraction of sp³-hybridized carbons (Fsp3) is 0.200. The zero-order valence-electron chi connectivity index (χ0n) is 11.0. The molecular formula is C15H14Cl2F2N2. The lowest BCUT2D eigenvalue weighted by atomic mass is 9.99. The molecule has 0 aliphatic carbocycles. The van der Waals surface area contributed by atoms with Crippen LogP contribution in [-0.4, -0.2) is 6.04 Å². The lowest BCUT2D eigenvalue weighted by Gasteiger charge is -2.17. The Morgan fingerprint density at radius 3 is 2.43 bits per heavy atom. The van der Waals surface area contributed by atoms with E-state index in [1.807, 2.05) is 0 Å². The first-order valence-electron chi connectivity index (χ1n) is 6.34. The largest absolute Gasteiger partial charge is 0.271 e. The van der Waals surface area contributed by atoms with Gasteiger partial charge in [-0.1, -0.05) is 35.3 Å². The van der Waals surface area contributed by atoms with E-state index in [-0.39, 0.29) is 16.9 Å². The van der Waals surface area contributed by atoms with Crippen molar-refractivity contribution in [3.8, 4) is 0 Å². The average molecular weight is 331 g/mol. The van der Waals surface area contributed by atoms with Crippen molar-refractivity contribution in [2.24, 2.45) is 5.84 Å². The predicted molar refractivity (Wildman–Crippen MR) is 81.3 cm³/mol. The summed E-state index contributed by atoms with van der Waals surface area (Å²) in [5.41, 5.74) is 3.66. The van der Waals surface area contributed by atoms with Gasteiger partial charge in [-0.05, 0) is 48.2 Å². The third kappa shape index (κ3) is 4.14. The Hall–Kier alpha value is -1.20. The Bertz CT molecular complexity index is 631. The monoisotopic (exact) mass is 330 g/mol. The highest BCUT2D eigenvalue weighted by molar-refractivity contribution is 6.31. The highest BCUT2D eigenvalue weighted by Gasteiger charge is 2.15. The topological polar surface area (TPSA) is 38.0 Å². The van der Waals surface area contributed by atoms with Crippen molar-refractivity contribution in [3.63, 3.8) is 0 Å². The van der Waals surface area contributed by atoms with Crippen LogP contribution in [0.15, 0.2) is 36.4 Å². The summed E-state index contributed by atoms with van der Waals surface area (Å²) in [6.45, 7) is 0. The number of halogens is 4. The van der Waals surface area contributed by atoms with Gasteiger partial charge in [-0.15, -0.1) is 0 Å². The SMILES string of the molecule is NNC(Cc1cc(F)ccc1Cl)Cc1cccc(Cl)c1F. The first-order valence-corrected chi connectivity index (χ1v) is 7.09. The van der Waals surface area contributed by atoms with E-state index in [4.69, 9.17) is 29.0 Å². The van der Waals surface area contributed by atoms with Crippen molar-refractivity contribution >= 4 is 23.2 Å². The van der Waals surface area contributed by atoms with Gasteiger partial charge >= 0.3 is 0 Å². The van der Waals surface area contributed by atoms with E-state index in [0.29, 0.717) is 29.0 Å². The molecule has 0 aliphatic rings. The molecule has 0 radical (unpaired) electrons. The summed E-state index contributed by atoms with van der Waals surface area (Å²) in [6.07, 6.45) is 0.689. The molecule has 2 nitrogen and oxygen atoms in total. The van der Waals surface area contributed by atoms with Gasteiger partial charge in [0.25, 0.3) is 0 Å². The highest BCUT2D eigenvalue weighted by atomic mass is 35.5. The van der Waals surface area contributed by atoms with Gasteiger partial charge in [-0.2, -0.15) is 0 Å². The van der Waals surface area contributed by atoms with Crippen LogP contribution >= 0.6 is 23.2 Å². The number of hydrazine groups is 1. The highest BCUT2D eigenvalue weighted by Crippen LogP contribution is 2.22. The second-order valence-corrected chi connectivity index (χ2v) is 5.53. The summed E-state index contributed by atoms with van der Waals surface area (Å²) >= 11 is 11.8. The summed E-state index contributed by atoms with van der Waals surface area (Å²) in [4.78, 5) is 0. The zero-order chi connectivity index (χ0) is 15.4. The summed E-state index contributed by atoms with van der Waals surface area (Å²) < 4.78 is 27.2. The summed E-state index contributed by atoms with van der Waals surface area (Å²) in [5.74, 6) is 4.66. The summed E-state index contributed by atoms with van der Waals surface area (Å²) in [5, 5.41) is 0.510. The molecule has 0 aromatic heterocycles. The van der Waals surface area contributed by atoms with Crippen molar-refractivity contribution in [1.29, 1.82) is 0 Å². The van der Waals surface area contributed by atoms with E-state index >= 15 is 0 Å². The van der Waals surface area contributed by atoms with Crippen LogP contribution < -0.4 is 11.3 Å². The standard InChI is InChI=1S/C15H14Cl2F2N2/c16-13-5-4-11(18)6-10(13)8-12(21-20)7-9-2-1-3-14(17)15(9)19/h1-6,12,21H,7-8,20H2. The molecule has 0 aliphatic heterocycles. The van der Waals surface area contributed by atoms with Crippen LogP contribution in [0.4, 0.5) is 8.78 Å². The van der Waals surface area contributed by atoms with Crippen LogP contribution in [0.5, 0.6) is 0 Å². The molecule has 2 aromatic rings. The van der Waals surface area contributed by atoms with E-state index in [1.165, 1.54) is 24.3 Å². The Morgan fingerprint density at radius 2 is 1.71 bits per heavy atom. The Balaban J connectivity index is 2.17. The molecule has 21 heavy (non-hydrogen) atoms. The molecule has 1 unspecified atom stereocenters. The van der Waals surface area contributed by atoms with Crippen LogP contribution in [0.25, 0.3) is 0 Å². The predicted octanol–water partition coefficient (Wildman–Crippen LogP) is 3.89. The van der Waals surface area contributed by atoms with Crippen LogP contribution in [0.1, 0.15) is 11.1 Å². The van der Waals surface area contributed by atoms with Crippen molar-refractivity contribution in [2.75, 3.05) is 0 Å². The first kappa shape index (κ1) is 16.2. The second kappa shape index (κ2) is 7.18. The third-order valence-electron chi connectivity index (χ3n) is 3.21. The summed E-state index contributed by atoms with van der Waals surface area (Å²) in [7, 11) is 0. The number of nitrogens with two attached hydrogens (primary N) is 1. The van der Waals surface area contributed by atoms with Crippen LogP contribution in [0.2, 0.25) is 10.0 Å². The molecule has 6 heteroatoms. The maximum absolute atomic E-state index is 13.9. The molecule has 0 spiro atoms. The van der Waals surface area contributed by atoms with Crippen LogP contribution in [0.3, 0.4) is 0 Å². The molecule has 2 rings (SSSR count).